The number of aliphatic hydroxyl groups excluding tert-OH is 1. The van der Waals surface area contributed by atoms with Gasteiger partial charge in [0.25, 0.3) is 5.91 Å². The van der Waals surface area contributed by atoms with Crippen LogP contribution in [0.25, 0.3) is 0 Å². The number of hydrogen-bond donors (Lipinski definition) is 4. The number of nitrogens with zero attached hydrogens (tertiary/aromatic N) is 5. The Morgan fingerprint density at radius 2 is 2.19 bits per heavy atom. The second-order valence-corrected chi connectivity index (χ2v) is 8.52. The Balaban J connectivity index is 1.47. The van der Waals surface area contributed by atoms with E-state index in [1.807, 2.05) is 12.3 Å². The van der Waals surface area contributed by atoms with Crippen LogP contribution in [0.4, 0.5) is 5.82 Å². The average Bonchev–Trinajstić information content (AvgIpc) is 3.62. The molecule has 32 heavy (non-hydrogen) atoms. The number of hydrazone groups is 1. The first kappa shape index (κ1) is 22.1. The summed E-state index contributed by atoms with van der Waals surface area (Å²) in [6.07, 6.45) is 5.43. The second kappa shape index (κ2) is 9.60. The lowest BCUT2D eigenvalue weighted by Gasteiger charge is -2.28. The summed E-state index contributed by atoms with van der Waals surface area (Å²) in [4.78, 5) is 24.1. The number of fused-ring (bicyclic) bond motifs is 1. The van der Waals surface area contributed by atoms with Crippen molar-refractivity contribution in [1.29, 1.82) is 0 Å². The molecule has 1 unspecified atom stereocenters. The molecule has 1 saturated carbocycles. The molecule has 1 amide bonds. The van der Waals surface area contributed by atoms with Gasteiger partial charge in [0.15, 0.2) is 5.84 Å². The molecule has 0 spiro atoms. The fourth-order valence-corrected chi connectivity index (χ4v) is 3.81. The van der Waals surface area contributed by atoms with E-state index in [1.54, 1.807) is 25.1 Å². The lowest BCUT2D eigenvalue weighted by molar-refractivity contribution is 0.102. The van der Waals surface area contributed by atoms with Crippen molar-refractivity contribution >= 4 is 17.6 Å². The van der Waals surface area contributed by atoms with E-state index in [2.05, 4.69) is 25.3 Å². The molecule has 1 aliphatic heterocycles. The Hall–Kier alpha value is -3.08. The van der Waals surface area contributed by atoms with E-state index in [9.17, 15) is 9.90 Å². The minimum Gasteiger partial charge on any atom is -0.394 e. The fourth-order valence-electron chi connectivity index (χ4n) is 3.81. The third kappa shape index (κ3) is 5.04. The number of carbonyl (C=O) groups excluding carboxylic acids is 1. The van der Waals surface area contributed by atoms with Crippen LogP contribution >= 0.6 is 0 Å². The van der Waals surface area contributed by atoms with Crippen molar-refractivity contribution < 1.29 is 9.90 Å². The highest BCUT2D eigenvalue weighted by molar-refractivity contribution is 6.03. The highest BCUT2D eigenvalue weighted by Gasteiger charge is 2.27. The summed E-state index contributed by atoms with van der Waals surface area (Å²) in [5, 5.41) is 17.1. The van der Waals surface area contributed by atoms with Gasteiger partial charge in [-0.2, -0.15) is 5.10 Å². The maximum Gasteiger partial charge on any atom is 0.275 e. The summed E-state index contributed by atoms with van der Waals surface area (Å²) >= 11 is 0. The van der Waals surface area contributed by atoms with Gasteiger partial charge in [-0.25, -0.2) is 10.8 Å². The SMILES string of the molecule is CC(CO)N(N)/C(=N\N)c1cccc(NC(=O)c2cc3c(cn2)CCN(CC2CC2)C3)n1. The number of nitrogens with two attached hydrogens (primary N) is 2. The van der Waals surface area contributed by atoms with Gasteiger partial charge in [-0.3, -0.25) is 19.7 Å². The maximum atomic E-state index is 12.9. The van der Waals surface area contributed by atoms with E-state index in [0.29, 0.717) is 17.2 Å². The topological polar surface area (TPSA) is 146 Å². The molecule has 10 nitrogen and oxygen atoms in total. The lowest BCUT2D eigenvalue weighted by atomic mass is 10.0. The maximum absolute atomic E-state index is 12.9. The smallest absolute Gasteiger partial charge is 0.275 e. The quantitative estimate of drug-likeness (QED) is 0.214. The van der Waals surface area contributed by atoms with Gasteiger partial charge in [0, 0.05) is 25.8 Å². The monoisotopic (exact) mass is 438 g/mol. The molecular weight excluding hydrogens is 408 g/mol. The number of amidine groups is 1. The van der Waals surface area contributed by atoms with E-state index in [4.69, 9.17) is 11.7 Å². The molecule has 3 heterocycles. The number of carbonyl (C=O) groups is 1. The first-order valence-corrected chi connectivity index (χ1v) is 10.9. The van der Waals surface area contributed by atoms with Gasteiger partial charge < -0.3 is 16.3 Å². The van der Waals surface area contributed by atoms with Gasteiger partial charge in [-0.05, 0) is 61.4 Å². The van der Waals surface area contributed by atoms with Gasteiger partial charge in [-0.1, -0.05) is 6.07 Å². The summed E-state index contributed by atoms with van der Waals surface area (Å²) in [7, 11) is 0. The molecule has 10 heteroatoms. The normalized spacial score (nSPS) is 17.5. The lowest BCUT2D eigenvalue weighted by Crippen LogP contribution is -2.47. The molecule has 2 aromatic rings. The standard InChI is InChI=1S/C22H30N8O2/c1-14(13-31)30(24)21(28-23)18-3-2-4-20(26-18)27-22(32)19-9-17-12-29(11-15-5-6-15)8-7-16(17)10-25-19/h2-4,9-10,14-15,31H,5-8,11-13,23-24H2,1H3,(H,26,27,32)/b28-21-. The van der Waals surface area contributed by atoms with Crippen LogP contribution in [0.5, 0.6) is 0 Å². The van der Waals surface area contributed by atoms with Crippen LogP contribution in [0.15, 0.2) is 35.6 Å². The molecule has 170 valence electrons. The number of aliphatic hydroxyl groups is 1. The second-order valence-electron chi connectivity index (χ2n) is 8.52. The predicted octanol–water partition coefficient (Wildman–Crippen LogP) is 0.674. The van der Waals surface area contributed by atoms with E-state index in [-0.39, 0.29) is 18.3 Å². The highest BCUT2D eigenvalue weighted by atomic mass is 16.3. The van der Waals surface area contributed by atoms with Crippen molar-refractivity contribution in [3.8, 4) is 0 Å². The molecule has 1 atom stereocenters. The van der Waals surface area contributed by atoms with Gasteiger partial charge in [0.2, 0.25) is 0 Å². The van der Waals surface area contributed by atoms with Gasteiger partial charge in [0.1, 0.15) is 17.2 Å². The number of nitrogens with one attached hydrogen (secondary N) is 1. The van der Waals surface area contributed by atoms with Crippen LogP contribution in [-0.2, 0) is 13.0 Å². The Labute approximate surface area is 187 Å². The minimum absolute atomic E-state index is 0.173. The van der Waals surface area contributed by atoms with Crippen molar-refractivity contribution in [1.82, 2.24) is 19.9 Å². The highest BCUT2D eigenvalue weighted by Crippen LogP contribution is 2.31. The fraction of sp³-hybridized carbons (Fsp3) is 0.455. The number of aromatic nitrogens is 2. The first-order valence-electron chi connectivity index (χ1n) is 10.9. The molecule has 0 aromatic carbocycles. The largest absolute Gasteiger partial charge is 0.394 e. The van der Waals surface area contributed by atoms with Crippen molar-refractivity contribution in [2.45, 2.75) is 38.8 Å². The molecule has 1 fully saturated rings. The van der Waals surface area contributed by atoms with Crippen LogP contribution in [-0.4, -0.2) is 62.5 Å². The summed E-state index contributed by atoms with van der Waals surface area (Å²) < 4.78 is 0. The van der Waals surface area contributed by atoms with Crippen LogP contribution in [0, 0.1) is 5.92 Å². The molecule has 2 aromatic heterocycles. The number of anilines is 1. The Morgan fingerprint density at radius 1 is 1.38 bits per heavy atom. The average molecular weight is 439 g/mol. The molecule has 4 rings (SSSR count). The van der Waals surface area contributed by atoms with Crippen LogP contribution in [0.2, 0.25) is 0 Å². The van der Waals surface area contributed by atoms with Crippen molar-refractivity contribution in [2.24, 2.45) is 22.7 Å². The van der Waals surface area contributed by atoms with Crippen molar-refractivity contribution in [3.63, 3.8) is 0 Å². The van der Waals surface area contributed by atoms with Crippen LogP contribution in [0.1, 0.15) is 47.1 Å². The molecule has 2 aliphatic rings. The minimum atomic E-state index is -0.406. The number of pyridine rings is 2. The summed E-state index contributed by atoms with van der Waals surface area (Å²) in [6.45, 7) is 4.59. The van der Waals surface area contributed by atoms with Gasteiger partial charge >= 0.3 is 0 Å². The Kier molecular flexibility index (Phi) is 6.63. The van der Waals surface area contributed by atoms with E-state index in [1.165, 1.54) is 23.4 Å². The zero-order valence-electron chi connectivity index (χ0n) is 18.2. The van der Waals surface area contributed by atoms with Crippen molar-refractivity contribution in [2.75, 3.05) is 25.0 Å². The summed E-state index contributed by atoms with van der Waals surface area (Å²) in [5.74, 6) is 12.5. The third-order valence-electron chi connectivity index (χ3n) is 5.95. The number of hydrogen-bond acceptors (Lipinski definition) is 8. The van der Waals surface area contributed by atoms with E-state index in [0.717, 1.165) is 37.5 Å². The molecule has 6 N–H and O–H groups in total. The zero-order chi connectivity index (χ0) is 22.7. The summed E-state index contributed by atoms with van der Waals surface area (Å²) in [6, 6.07) is 6.54. The molecule has 0 bridgehead atoms. The zero-order valence-corrected chi connectivity index (χ0v) is 18.2. The third-order valence-corrected chi connectivity index (χ3v) is 5.95. The van der Waals surface area contributed by atoms with E-state index >= 15 is 0 Å². The first-order chi connectivity index (χ1) is 15.5. The molecule has 0 radical (unpaired) electrons. The van der Waals surface area contributed by atoms with Crippen LogP contribution in [0.3, 0.4) is 0 Å². The van der Waals surface area contributed by atoms with Crippen LogP contribution < -0.4 is 17.0 Å². The predicted molar refractivity (Wildman–Crippen MR) is 121 cm³/mol. The Bertz CT molecular complexity index is 1010. The number of rotatable bonds is 7. The van der Waals surface area contributed by atoms with Gasteiger partial charge in [0.05, 0.1) is 12.6 Å². The van der Waals surface area contributed by atoms with Crippen molar-refractivity contribution in [3.05, 3.63) is 53.0 Å². The summed E-state index contributed by atoms with van der Waals surface area (Å²) in [5.41, 5.74) is 3.10. The molecule has 1 aliphatic carbocycles. The Morgan fingerprint density at radius 3 is 2.91 bits per heavy atom. The van der Waals surface area contributed by atoms with E-state index < -0.39 is 6.04 Å². The molecule has 0 saturated heterocycles. The number of hydrazine groups is 1. The number of amides is 1. The molecular formula is C22H30N8O2. The van der Waals surface area contributed by atoms with Gasteiger partial charge in [-0.15, -0.1) is 0 Å².